The predicted molar refractivity (Wildman–Crippen MR) is 146 cm³/mol. The molecule has 1 aliphatic rings. The molecule has 0 bridgehead atoms. The minimum atomic E-state index is -4.57. The average Bonchev–Trinajstić information content (AvgIpc) is 3.36. The van der Waals surface area contributed by atoms with Crippen molar-refractivity contribution in [1.82, 2.24) is 24.3 Å². The van der Waals surface area contributed by atoms with Crippen molar-refractivity contribution in [2.75, 3.05) is 37.9 Å². The number of nitrogen functional groups attached to an aromatic ring is 1. The molecular formula is C28H28F3N7O4. The van der Waals surface area contributed by atoms with Gasteiger partial charge in [0.05, 0.1) is 24.7 Å². The molecule has 0 radical (unpaired) electrons. The van der Waals surface area contributed by atoms with E-state index < -0.39 is 23.8 Å². The number of nitrogens with two attached hydrogens (primary N) is 1. The number of nitrogens with zero attached hydrogens (tertiary/aromatic N) is 5. The molecule has 11 nitrogen and oxygen atoms in total. The molecule has 4 N–H and O–H groups in total. The zero-order valence-electron chi connectivity index (χ0n) is 22.5. The van der Waals surface area contributed by atoms with Crippen LogP contribution >= 0.6 is 0 Å². The van der Waals surface area contributed by atoms with Crippen LogP contribution in [0.25, 0.3) is 16.8 Å². The molecule has 1 unspecified atom stereocenters. The summed E-state index contributed by atoms with van der Waals surface area (Å²) in [6.45, 7) is 0.848. The van der Waals surface area contributed by atoms with Crippen molar-refractivity contribution in [2.24, 2.45) is 0 Å². The lowest BCUT2D eigenvalue weighted by atomic mass is 9.95. The van der Waals surface area contributed by atoms with Crippen molar-refractivity contribution in [3.05, 3.63) is 71.9 Å². The molecular weight excluding hydrogens is 555 g/mol. The fraction of sp³-hybridized carbons (Fsp3) is 0.321. The van der Waals surface area contributed by atoms with Crippen molar-refractivity contribution in [2.45, 2.75) is 31.0 Å². The summed E-state index contributed by atoms with van der Waals surface area (Å²) in [6.07, 6.45) is -0.509. The van der Waals surface area contributed by atoms with Crippen LogP contribution in [-0.2, 0) is 15.7 Å². The van der Waals surface area contributed by atoms with E-state index in [9.17, 15) is 27.9 Å². The van der Waals surface area contributed by atoms with E-state index in [0.717, 1.165) is 18.3 Å². The van der Waals surface area contributed by atoms with E-state index in [1.54, 1.807) is 27.6 Å². The highest BCUT2D eigenvalue weighted by molar-refractivity contribution is 6.04. The Hall–Kier alpha value is -4.56. The fourth-order valence-corrected chi connectivity index (χ4v) is 5.03. The highest BCUT2D eigenvalue weighted by Gasteiger charge is 2.33. The van der Waals surface area contributed by atoms with E-state index in [4.69, 9.17) is 15.5 Å². The van der Waals surface area contributed by atoms with Gasteiger partial charge in [0.25, 0.3) is 5.91 Å². The number of β-amino-alcohol motifs (C(OH)–C–C–N with tert-alkyl or cyclic N) is 1. The summed E-state index contributed by atoms with van der Waals surface area (Å²) in [7, 11) is 1.52. The molecule has 1 aliphatic heterocycles. The van der Waals surface area contributed by atoms with E-state index >= 15 is 0 Å². The molecule has 220 valence electrons. The molecule has 0 aliphatic carbocycles. The van der Waals surface area contributed by atoms with Crippen LogP contribution < -0.4 is 11.1 Å². The van der Waals surface area contributed by atoms with Gasteiger partial charge in [0.1, 0.15) is 28.7 Å². The smallest absolute Gasteiger partial charge is 0.391 e. The number of hydrogen-bond acceptors (Lipinski definition) is 8. The van der Waals surface area contributed by atoms with Gasteiger partial charge in [-0.15, -0.1) is 0 Å². The second-order valence-electron chi connectivity index (χ2n) is 9.94. The maximum atomic E-state index is 13.0. The summed E-state index contributed by atoms with van der Waals surface area (Å²) in [5.41, 5.74) is 7.13. The van der Waals surface area contributed by atoms with Crippen molar-refractivity contribution < 1.29 is 32.6 Å². The number of ether oxygens (including phenoxy) is 1. The van der Waals surface area contributed by atoms with Crippen LogP contribution in [0.1, 0.15) is 40.5 Å². The Morgan fingerprint density at radius 2 is 1.90 bits per heavy atom. The molecule has 4 heterocycles. The van der Waals surface area contributed by atoms with Crippen molar-refractivity contribution in [3.63, 3.8) is 0 Å². The summed E-state index contributed by atoms with van der Waals surface area (Å²) >= 11 is 0. The number of anilines is 2. The van der Waals surface area contributed by atoms with Crippen LogP contribution in [0, 0.1) is 0 Å². The molecule has 14 heteroatoms. The van der Waals surface area contributed by atoms with Crippen LogP contribution in [-0.4, -0.2) is 74.1 Å². The number of likely N-dealkylation sites (tertiary alicyclic amines) is 1. The van der Waals surface area contributed by atoms with Gasteiger partial charge in [0.2, 0.25) is 5.91 Å². The number of halogens is 3. The van der Waals surface area contributed by atoms with Gasteiger partial charge in [-0.3, -0.25) is 14.0 Å². The largest absolute Gasteiger partial charge is 0.416 e. The Balaban J connectivity index is 1.42. The first-order chi connectivity index (χ1) is 20.0. The average molecular weight is 584 g/mol. The molecule has 2 amide bonds. The van der Waals surface area contributed by atoms with E-state index in [1.807, 2.05) is 0 Å². The number of amides is 2. The lowest BCUT2D eigenvalue weighted by Gasteiger charge is -2.35. The van der Waals surface area contributed by atoms with Gasteiger partial charge in [-0.2, -0.15) is 13.2 Å². The lowest BCUT2D eigenvalue weighted by molar-refractivity contribution is -0.137. The third-order valence-electron chi connectivity index (χ3n) is 7.03. The van der Waals surface area contributed by atoms with Crippen LogP contribution in [0.3, 0.4) is 0 Å². The van der Waals surface area contributed by atoms with E-state index in [1.165, 1.54) is 25.4 Å². The zero-order valence-corrected chi connectivity index (χ0v) is 22.5. The first-order valence-corrected chi connectivity index (χ1v) is 13.1. The molecule has 5 rings (SSSR count). The van der Waals surface area contributed by atoms with Crippen LogP contribution in [0.15, 0.2) is 55.0 Å². The Morgan fingerprint density at radius 1 is 1.14 bits per heavy atom. The molecule has 3 aromatic heterocycles. The number of hydrogen-bond donors (Lipinski definition) is 3. The fourth-order valence-electron chi connectivity index (χ4n) is 5.03. The van der Waals surface area contributed by atoms with E-state index in [2.05, 4.69) is 15.3 Å². The number of methoxy groups -OCH3 is 1. The number of aromatic nitrogens is 4. The summed E-state index contributed by atoms with van der Waals surface area (Å²) in [4.78, 5) is 39.9. The maximum absolute atomic E-state index is 13.0. The summed E-state index contributed by atoms with van der Waals surface area (Å²) < 4.78 is 45.9. The van der Waals surface area contributed by atoms with Gasteiger partial charge in [0, 0.05) is 55.8 Å². The number of nitrogens with one attached hydrogen (secondary N) is 1. The third-order valence-corrected chi connectivity index (χ3v) is 7.03. The molecule has 4 aromatic rings. The van der Waals surface area contributed by atoms with E-state index in [0.29, 0.717) is 35.6 Å². The quantitative estimate of drug-likeness (QED) is 0.300. The van der Waals surface area contributed by atoms with Gasteiger partial charge in [-0.25, -0.2) is 15.0 Å². The molecule has 1 saturated heterocycles. The number of benzene rings is 1. The Morgan fingerprint density at radius 3 is 2.62 bits per heavy atom. The monoisotopic (exact) mass is 583 g/mol. The number of aliphatic hydroxyl groups excluding tert-OH is 1. The summed E-state index contributed by atoms with van der Waals surface area (Å²) in [5.74, 6) is -0.487. The molecule has 1 fully saturated rings. The predicted octanol–water partition coefficient (Wildman–Crippen LogP) is 3.36. The third kappa shape index (κ3) is 6.04. The highest BCUT2D eigenvalue weighted by atomic mass is 19.4. The number of fused-ring (bicyclic) bond motifs is 1. The second-order valence-corrected chi connectivity index (χ2v) is 9.94. The van der Waals surface area contributed by atoms with Crippen LogP contribution in [0.4, 0.5) is 24.8 Å². The van der Waals surface area contributed by atoms with Gasteiger partial charge >= 0.3 is 6.18 Å². The number of carbonyl (C=O) groups excluding carboxylic acids is 2. The topological polar surface area (TPSA) is 148 Å². The molecule has 0 spiro atoms. The van der Waals surface area contributed by atoms with Crippen molar-refractivity contribution in [3.8, 4) is 11.3 Å². The Labute approximate surface area is 238 Å². The second kappa shape index (κ2) is 11.7. The van der Waals surface area contributed by atoms with Crippen molar-refractivity contribution >= 4 is 29.0 Å². The number of aliphatic hydroxyl groups is 1. The highest BCUT2D eigenvalue weighted by Crippen LogP contribution is 2.34. The normalized spacial score (nSPS) is 17.4. The van der Waals surface area contributed by atoms with Gasteiger partial charge in [-0.1, -0.05) is 12.1 Å². The molecule has 2 atom stereocenters. The van der Waals surface area contributed by atoms with Gasteiger partial charge in [-0.05, 0) is 30.7 Å². The molecule has 0 saturated carbocycles. The minimum Gasteiger partial charge on any atom is -0.391 e. The zero-order chi connectivity index (χ0) is 30.0. The maximum Gasteiger partial charge on any atom is 0.416 e. The lowest BCUT2D eigenvalue weighted by Crippen LogP contribution is -2.46. The van der Waals surface area contributed by atoms with Gasteiger partial charge < -0.3 is 25.8 Å². The molecule has 1 aromatic carbocycles. The van der Waals surface area contributed by atoms with Crippen LogP contribution in [0.2, 0.25) is 0 Å². The number of alkyl halides is 3. The number of pyridine rings is 1. The van der Waals surface area contributed by atoms with Crippen molar-refractivity contribution in [1.29, 1.82) is 0 Å². The molecule has 42 heavy (non-hydrogen) atoms. The summed E-state index contributed by atoms with van der Waals surface area (Å²) in [5, 5.41) is 13.0. The van der Waals surface area contributed by atoms with E-state index in [-0.39, 0.29) is 48.6 Å². The van der Waals surface area contributed by atoms with Gasteiger partial charge in [0.15, 0.2) is 0 Å². The number of carbonyl (C=O) groups is 2. The first kappa shape index (κ1) is 29.0. The Kier molecular flexibility index (Phi) is 8.09. The summed E-state index contributed by atoms with van der Waals surface area (Å²) in [6, 6.07) is 7.88. The SMILES string of the molecule is COCCC(=O)N1CC(c2nc(-c3ccc(C(=O)Nc4cc(C(F)(F)F)ccn4)cc3)c3c(N)nccn23)C[C@H](O)C1. The number of rotatable bonds is 7. The number of imidazole rings is 1. The standard InChI is InChI=1S/C28H28F3N7O4/c1-42-11-7-22(40)37-14-18(12-20(39)15-37)26-36-23(24-25(32)34-9-10-38(24)26)16-2-4-17(5-3-16)27(41)35-21-13-19(6-8-33-21)28(29,30)31/h2-6,8-10,13,18,20,39H,7,11-12,14-15H2,1H3,(H2,32,34)(H,33,35,41)/t18?,20-/m0/s1. The number of piperidine rings is 1. The first-order valence-electron chi connectivity index (χ1n) is 13.1. The minimum absolute atomic E-state index is 0.128. The Bertz CT molecular complexity index is 1610. The van der Waals surface area contributed by atoms with Crippen LogP contribution in [0.5, 0.6) is 0 Å².